The SMILES string of the molecule is Cc1ccc(NCc2c(Cl)ccc(Cl)c2Cl)cc1F. The molecule has 0 fully saturated rings. The van der Waals surface area contributed by atoms with Gasteiger partial charge in [-0.15, -0.1) is 0 Å². The second-order valence-corrected chi connectivity index (χ2v) is 5.33. The fourth-order valence-electron chi connectivity index (χ4n) is 1.62. The van der Waals surface area contributed by atoms with Gasteiger partial charge in [0, 0.05) is 22.8 Å². The summed E-state index contributed by atoms with van der Waals surface area (Å²) in [5, 5.41) is 4.45. The van der Waals surface area contributed by atoms with Crippen LogP contribution in [0.2, 0.25) is 15.1 Å². The number of hydrogen-bond donors (Lipinski definition) is 1. The molecule has 0 heterocycles. The van der Waals surface area contributed by atoms with Crippen LogP contribution in [0.1, 0.15) is 11.1 Å². The van der Waals surface area contributed by atoms with E-state index < -0.39 is 0 Å². The number of anilines is 1. The highest BCUT2D eigenvalue weighted by molar-refractivity contribution is 6.44. The number of aryl methyl sites for hydroxylation is 1. The van der Waals surface area contributed by atoms with Gasteiger partial charge in [-0.2, -0.15) is 0 Å². The molecule has 0 spiro atoms. The van der Waals surface area contributed by atoms with Crippen molar-refractivity contribution in [3.8, 4) is 0 Å². The number of nitrogens with one attached hydrogen (secondary N) is 1. The summed E-state index contributed by atoms with van der Waals surface area (Å²) in [6, 6.07) is 8.26. The molecule has 100 valence electrons. The van der Waals surface area contributed by atoms with Gasteiger partial charge in [-0.1, -0.05) is 40.9 Å². The molecule has 0 atom stereocenters. The summed E-state index contributed by atoms with van der Waals surface area (Å²) in [7, 11) is 0. The van der Waals surface area contributed by atoms with Gasteiger partial charge in [-0.25, -0.2) is 4.39 Å². The molecule has 0 bridgehead atoms. The lowest BCUT2D eigenvalue weighted by molar-refractivity contribution is 0.619. The van der Waals surface area contributed by atoms with Gasteiger partial charge >= 0.3 is 0 Å². The van der Waals surface area contributed by atoms with Crippen LogP contribution in [0.25, 0.3) is 0 Å². The maximum absolute atomic E-state index is 13.4. The highest BCUT2D eigenvalue weighted by atomic mass is 35.5. The molecule has 0 aliphatic carbocycles. The Bertz CT molecular complexity index is 614. The molecule has 2 rings (SSSR count). The van der Waals surface area contributed by atoms with E-state index in [0.29, 0.717) is 38.4 Å². The van der Waals surface area contributed by atoms with E-state index in [9.17, 15) is 4.39 Å². The van der Waals surface area contributed by atoms with E-state index in [1.165, 1.54) is 6.07 Å². The highest BCUT2D eigenvalue weighted by Crippen LogP contribution is 2.32. The zero-order valence-corrected chi connectivity index (χ0v) is 12.4. The van der Waals surface area contributed by atoms with E-state index in [2.05, 4.69) is 5.32 Å². The molecule has 19 heavy (non-hydrogen) atoms. The zero-order chi connectivity index (χ0) is 14.0. The topological polar surface area (TPSA) is 12.0 Å². The van der Waals surface area contributed by atoms with E-state index in [4.69, 9.17) is 34.8 Å². The summed E-state index contributed by atoms with van der Waals surface area (Å²) in [6.45, 7) is 2.09. The molecule has 5 heteroatoms. The molecule has 1 N–H and O–H groups in total. The predicted octanol–water partition coefficient (Wildman–Crippen LogP) is 5.71. The fraction of sp³-hybridized carbons (Fsp3) is 0.143. The zero-order valence-electron chi connectivity index (χ0n) is 10.1. The molecule has 0 unspecified atom stereocenters. The Kier molecular flexibility index (Phi) is 4.56. The third-order valence-corrected chi connectivity index (χ3v) is 3.98. The van der Waals surface area contributed by atoms with Crippen molar-refractivity contribution in [2.75, 3.05) is 5.32 Å². The van der Waals surface area contributed by atoms with Gasteiger partial charge in [0.15, 0.2) is 0 Å². The Hall–Kier alpha value is -0.960. The van der Waals surface area contributed by atoms with Crippen LogP contribution < -0.4 is 5.32 Å². The van der Waals surface area contributed by atoms with Crippen LogP contribution in [0.4, 0.5) is 10.1 Å². The number of benzene rings is 2. The van der Waals surface area contributed by atoms with Crippen LogP contribution in [0.15, 0.2) is 30.3 Å². The quantitative estimate of drug-likeness (QED) is 0.715. The molecule has 2 aromatic carbocycles. The Morgan fingerprint density at radius 1 is 1.05 bits per heavy atom. The van der Waals surface area contributed by atoms with E-state index in [0.717, 1.165) is 0 Å². The largest absolute Gasteiger partial charge is 0.381 e. The van der Waals surface area contributed by atoms with Crippen molar-refractivity contribution < 1.29 is 4.39 Å². The summed E-state index contributed by atoms with van der Waals surface area (Å²) >= 11 is 18.1. The summed E-state index contributed by atoms with van der Waals surface area (Å²) in [5.74, 6) is -0.256. The summed E-state index contributed by atoms with van der Waals surface area (Å²) in [4.78, 5) is 0. The van der Waals surface area contributed by atoms with Crippen molar-refractivity contribution in [1.29, 1.82) is 0 Å². The standard InChI is InChI=1S/C14H11Cl3FN/c1-8-2-3-9(6-13(8)18)19-7-10-11(15)4-5-12(16)14(10)17/h2-6,19H,7H2,1H3. The summed E-state index contributed by atoms with van der Waals surface area (Å²) < 4.78 is 13.4. The number of halogens is 4. The highest BCUT2D eigenvalue weighted by Gasteiger charge is 2.09. The molecule has 1 nitrogen and oxygen atoms in total. The summed E-state index contributed by atoms with van der Waals surface area (Å²) in [5.41, 5.74) is 1.95. The van der Waals surface area contributed by atoms with Crippen molar-refractivity contribution in [2.45, 2.75) is 13.5 Å². The van der Waals surface area contributed by atoms with Crippen molar-refractivity contribution in [2.24, 2.45) is 0 Å². The minimum Gasteiger partial charge on any atom is -0.381 e. The van der Waals surface area contributed by atoms with Crippen LogP contribution in [0, 0.1) is 12.7 Å². The van der Waals surface area contributed by atoms with Gasteiger partial charge in [-0.05, 0) is 36.8 Å². The molecule has 0 amide bonds. The van der Waals surface area contributed by atoms with Gasteiger partial charge in [0.2, 0.25) is 0 Å². The Morgan fingerprint density at radius 3 is 2.42 bits per heavy atom. The van der Waals surface area contributed by atoms with E-state index in [1.54, 1.807) is 31.2 Å². The van der Waals surface area contributed by atoms with Crippen LogP contribution >= 0.6 is 34.8 Å². The Balaban J connectivity index is 2.19. The van der Waals surface area contributed by atoms with E-state index >= 15 is 0 Å². The molecule has 0 saturated heterocycles. The average molecular weight is 319 g/mol. The first kappa shape index (κ1) is 14.4. The first-order valence-electron chi connectivity index (χ1n) is 5.61. The second kappa shape index (κ2) is 6.00. The lowest BCUT2D eigenvalue weighted by Gasteiger charge is -2.11. The van der Waals surface area contributed by atoms with Crippen molar-refractivity contribution in [3.05, 3.63) is 62.3 Å². The van der Waals surface area contributed by atoms with Crippen molar-refractivity contribution in [3.63, 3.8) is 0 Å². The van der Waals surface area contributed by atoms with Crippen LogP contribution in [-0.2, 0) is 6.54 Å². The number of hydrogen-bond acceptors (Lipinski definition) is 1. The molecule has 0 aliphatic rings. The van der Waals surface area contributed by atoms with Crippen LogP contribution in [0.3, 0.4) is 0 Å². The fourth-order valence-corrected chi connectivity index (χ4v) is 2.31. The normalized spacial score (nSPS) is 10.6. The minimum atomic E-state index is -0.256. The smallest absolute Gasteiger partial charge is 0.128 e. The van der Waals surface area contributed by atoms with Gasteiger partial charge < -0.3 is 5.32 Å². The van der Waals surface area contributed by atoms with E-state index in [1.807, 2.05) is 0 Å². The maximum Gasteiger partial charge on any atom is 0.128 e. The molecule has 2 aromatic rings. The van der Waals surface area contributed by atoms with Crippen molar-refractivity contribution >= 4 is 40.5 Å². The van der Waals surface area contributed by atoms with Crippen LogP contribution in [-0.4, -0.2) is 0 Å². The monoisotopic (exact) mass is 317 g/mol. The first-order valence-corrected chi connectivity index (χ1v) is 6.75. The molecular weight excluding hydrogens is 308 g/mol. The van der Waals surface area contributed by atoms with Gasteiger partial charge in [0.05, 0.1) is 10.0 Å². The predicted molar refractivity (Wildman–Crippen MR) is 79.9 cm³/mol. The van der Waals surface area contributed by atoms with Crippen molar-refractivity contribution in [1.82, 2.24) is 0 Å². The van der Waals surface area contributed by atoms with E-state index in [-0.39, 0.29) is 5.82 Å². The van der Waals surface area contributed by atoms with Gasteiger partial charge in [0.25, 0.3) is 0 Å². The first-order chi connectivity index (χ1) is 8.99. The molecule has 0 saturated carbocycles. The van der Waals surface area contributed by atoms with Gasteiger partial charge in [-0.3, -0.25) is 0 Å². The lowest BCUT2D eigenvalue weighted by atomic mass is 10.2. The summed E-state index contributed by atoms with van der Waals surface area (Å²) in [6.07, 6.45) is 0. The second-order valence-electron chi connectivity index (χ2n) is 4.14. The average Bonchev–Trinajstić information content (AvgIpc) is 2.38. The molecular formula is C14H11Cl3FN. The Morgan fingerprint density at radius 2 is 1.74 bits per heavy atom. The lowest BCUT2D eigenvalue weighted by Crippen LogP contribution is -2.02. The third kappa shape index (κ3) is 3.33. The molecule has 0 radical (unpaired) electrons. The maximum atomic E-state index is 13.4. The molecule has 0 aromatic heterocycles. The van der Waals surface area contributed by atoms with Gasteiger partial charge in [0.1, 0.15) is 5.82 Å². The van der Waals surface area contributed by atoms with Crippen LogP contribution in [0.5, 0.6) is 0 Å². The minimum absolute atomic E-state index is 0.256. The Labute approximate surface area is 126 Å². The number of rotatable bonds is 3. The third-order valence-electron chi connectivity index (χ3n) is 2.78. The molecule has 0 aliphatic heterocycles.